The van der Waals surface area contributed by atoms with Gasteiger partial charge in [-0.1, -0.05) is 23.7 Å². The maximum Gasteiger partial charge on any atom is 0.307 e. The van der Waals surface area contributed by atoms with Crippen LogP contribution in [0.4, 0.5) is 0 Å². The van der Waals surface area contributed by atoms with Crippen molar-refractivity contribution in [2.75, 3.05) is 0 Å². The molecule has 1 atom stereocenters. The van der Waals surface area contributed by atoms with E-state index in [9.17, 15) is 9.90 Å². The maximum atomic E-state index is 11.3. The average molecular weight is 281 g/mol. The van der Waals surface area contributed by atoms with Gasteiger partial charge in [0.15, 0.2) is 0 Å². The Hall–Kier alpha value is -1.32. The van der Waals surface area contributed by atoms with E-state index in [1.807, 2.05) is 35.0 Å². The van der Waals surface area contributed by atoms with Gasteiger partial charge in [-0.2, -0.15) is 11.3 Å². The number of halogens is 1. The van der Waals surface area contributed by atoms with Crippen LogP contribution in [-0.2, 0) is 17.6 Å². The van der Waals surface area contributed by atoms with Crippen molar-refractivity contribution in [3.63, 3.8) is 0 Å². The molecule has 2 aromatic rings. The lowest BCUT2D eigenvalue weighted by molar-refractivity contribution is -0.141. The lowest BCUT2D eigenvalue weighted by Gasteiger charge is -2.11. The van der Waals surface area contributed by atoms with Crippen LogP contribution in [0.1, 0.15) is 11.1 Å². The molecule has 94 valence electrons. The summed E-state index contributed by atoms with van der Waals surface area (Å²) in [5.41, 5.74) is 2.04. The third kappa shape index (κ3) is 3.59. The first-order valence-electron chi connectivity index (χ1n) is 5.63. The van der Waals surface area contributed by atoms with Gasteiger partial charge in [0.25, 0.3) is 0 Å². The van der Waals surface area contributed by atoms with Crippen LogP contribution >= 0.6 is 22.9 Å². The third-order valence-electron chi connectivity index (χ3n) is 2.78. The summed E-state index contributed by atoms with van der Waals surface area (Å²) < 4.78 is 0. The summed E-state index contributed by atoms with van der Waals surface area (Å²) in [6.45, 7) is 0. The van der Waals surface area contributed by atoms with E-state index in [2.05, 4.69) is 0 Å². The summed E-state index contributed by atoms with van der Waals surface area (Å²) >= 11 is 7.49. The first-order chi connectivity index (χ1) is 8.65. The van der Waals surface area contributed by atoms with Gasteiger partial charge in [-0.3, -0.25) is 4.79 Å². The lowest BCUT2D eigenvalue weighted by atomic mass is 9.94. The Bertz CT molecular complexity index is 522. The van der Waals surface area contributed by atoms with Crippen molar-refractivity contribution >= 4 is 28.9 Å². The second kappa shape index (κ2) is 6.03. The first-order valence-corrected chi connectivity index (χ1v) is 6.95. The van der Waals surface area contributed by atoms with Crippen molar-refractivity contribution in [1.29, 1.82) is 0 Å². The SMILES string of the molecule is O=C(O)C(Cc1ccsc1)Cc1cccc(Cl)c1. The Balaban J connectivity index is 2.09. The van der Waals surface area contributed by atoms with Gasteiger partial charge in [-0.05, 0) is 52.9 Å². The van der Waals surface area contributed by atoms with Gasteiger partial charge in [0.2, 0.25) is 0 Å². The van der Waals surface area contributed by atoms with Gasteiger partial charge < -0.3 is 5.11 Å². The van der Waals surface area contributed by atoms with Crippen LogP contribution in [0, 0.1) is 5.92 Å². The molecule has 1 aromatic heterocycles. The minimum atomic E-state index is -0.763. The Morgan fingerprint density at radius 3 is 2.67 bits per heavy atom. The Morgan fingerprint density at radius 2 is 2.06 bits per heavy atom. The zero-order valence-corrected chi connectivity index (χ0v) is 11.2. The van der Waals surface area contributed by atoms with Crippen LogP contribution in [0.25, 0.3) is 0 Å². The largest absolute Gasteiger partial charge is 0.481 e. The van der Waals surface area contributed by atoms with E-state index in [0.29, 0.717) is 17.9 Å². The fourth-order valence-electron chi connectivity index (χ4n) is 1.89. The monoisotopic (exact) mass is 280 g/mol. The first kappa shape index (κ1) is 13.1. The average Bonchev–Trinajstić information content (AvgIpc) is 2.81. The van der Waals surface area contributed by atoms with Gasteiger partial charge in [0.05, 0.1) is 5.92 Å². The van der Waals surface area contributed by atoms with Crippen molar-refractivity contribution in [1.82, 2.24) is 0 Å². The predicted molar refractivity (Wildman–Crippen MR) is 74.3 cm³/mol. The van der Waals surface area contributed by atoms with E-state index < -0.39 is 11.9 Å². The zero-order chi connectivity index (χ0) is 13.0. The zero-order valence-electron chi connectivity index (χ0n) is 9.67. The Labute approximate surface area is 115 Å². The molecule has 2 nitrogen and oxygen atoms in total. The number of rotatable bonds is 5. The molecule has 0 amide bonds. The number of thiophene rings is 1. The van der Waals surface area contributed by atoms with E-state index >= 15 is 0 Å². The van der Waals surface area contributed by atoms with E-state index in [1.54, 1.807) is 17.4 Å². The molecular formula is C14H13ClO2S. The maximum absolute atomic E-state index is 11.3. The predicted octanol–water partition coefficient (Wildman–Crippen LogP) is 3.89. The van der Waals surface area contributed by atoms with Crippen LogP contribution in [0.5, 0.6) is 0 Å². The third-order valence-corrected chi connectivity index (χ3v) is 3.75. The molecule has 0 saturated heterocycles. The van der Waals surface area contributed by atoms with Crippen LogP contribution in [-0.4, -0.2) is 11.1 Å². The minimum Gasteiger partial charge on any atom is -0.481 e. The molecule has 0 fully saturated rings. The molecular weight excluding hydrogens is 268 g/mol. The molecule has 0 aliphatic heterocycles. The van der Waals surface area contributed by atoms with E-state index in [4.69, 9.17) is 11.6 Å². The molecule has 0 bridgehead atoms. The van der Waals surface area contributed by atoms with Crippen molar-refractivity contribution in [2.45, 2.75) is 12.8 Å². The number of aliphatic carboxylic acids is 1. The lowest BCUT2D eigenvalue weighted by Crippen LogP contribution is -2.18. The van der Waals surface area contributed by atoms with Crippen molar-refractivity contribution in [3.05, 3.63) is 57.2 Å². The summed E-state index contributed by atoms with van der Waals surface area (Å²) in [7, 11) is 0. The summed E-state index contributed by atoms with van der Waals surface area (Å²) in [5.74, 6) is -1.17. The Morgan fingerprint density at radius 1 is 1.28 bits per heavy atom. The summed E-state index contributed by atoms with van der Waals surface area (Å²) in [6.07, 6.45) is 1.07. The normalized spacial score (nSPS) is 12.3. The van der Waals surface area contributed by atoms with Gasteiger partial charge >= 0.3 is 5.97 Å². The quantitative estimate of drug-likeness (QED) is 0.902. The molecule has 18 heavy (non-hydrogen) atoms. The van der Waals surface area contributed by atoms with Crippen LogP contribution in [0.2, 0.25) is 5.02 Å². The van der Waals surface area contributed by atoms with Gasteiger partial charge in [-0.25, -0.2) is 0 Å². The highest BCUT2D eigenvalue weighted by molar-refractivity contribution is 7.07. The highest BCUT2D eigenvalue weighted by Gasteiger charge is 2.18. The number of carboxylic acids is 1. The molecule has 1 heterocycles. The molecule has 0 radical (unpaired) electrons. The molecule has 0 saturated carbocycles. The number of hydrogen-bond acceptors (Lipinski definition) is 2. The highest BCUT2D eigenvalue weighted by atomic mass is 35.5. The standard InChI is InChI=1S/C14H13ClO2S/c15-13-3-1-2-10(8-13)6-12(14(16)17)7-11-4-5-18-9-11/h1-5,8-9,12H,6-7H2,(H,16,17). The second-order valence-electron chi connectivity index (χ2n) is 4.20. The minimum absolute atomic E-state index is 0.405. The molecule has 2 rings (SSSR count). The van der Waals surface area contributed by atoms with Crippen LogP contribution in [0.3, 0.4) is 0 Å². The molecule has 0 spiro atoms. The smallest absolute Gasteiger partial charge is 0.307 e. The van der Waals surface area contributed by atoms with Crippen molar-refractivity contribution in [2.24, 2.45) is 5.92 Å². The fourth-order valence-corrected chi connectivity index (χ4v) is 2.78. The summed E-state index contributed by atoms with van der Waals surface area (Å²) in [6, 6.07) is 9.35. The van der Waals surface area contributed by atoms with Gasteiger partial charge in [-0.15, -0.1) is 0 Å². The number of carbonyl (C=O) groups is 1. The molecule has 1 unspecified atom stereocenters. The number of benzene rings is 1. The summed E-state index contributed by atoms with van der Waals surface area (Å²) in [5, 5.41) is 13.9. The molecule has 0 aliphatic carbocycles. The Kier molecular flexibility index (Phi) is 4.39. The van der Waals surface area contributed by atoms with Crippen molar-refractivity contribution in [3.8, 4) is 0 Å². The van der Waals surface area contributed by atoms with E-state index in [0.717, 1.165) is 11.1 Å². The topological polar surface area (TPSA) is 37.3 Å². The number of carboxylic acid groups (broad SMARTS) is 1. The fraction of sp³-hybridized carbons (Fsp3) is 0.214. The van der Waals surface area contributed by atoms with Gasteiger partial charge in [0, 0.05) is 5.02 Å². The van der Waals surface area contributed by atoms with Crippen LogP contribution < -0.4 is 0 Å². The molecule has 1 aromatic carbocycles. The highest BCUT2D eigenvalue weighted by Crippen LogP contribution is 2.19. The van der Waals surface area contributed by atoms with E-state index in [1.165, 1.54) is 0 Å². The molecule has 0 aliphatic rings. The van der Waals surface area contributed by atoms with E-state index in [-0.39, 0.29) is 0 Å². The summed E-state index contributed by atoms with van der Waals surface area (Å²) in [4.78, 5) is 11.3. The van der Waals surface area contributed by atoms with Crippen LogP contribution in [0.15, 0.2) is 41.1 Å². The van der Waals surface area contributed by atoms with Gasteiger partial charge in [0.1, 0.15) is 0 Å². The number of hydrogen-bond donors (Lipinski definition) is 1. The second-order valence-corrected chi connectivity index (χ2v) is 5.42. The molecule has 1 N–H and O–H groups in total. The van der Waals surface area contributed by atoms with Crippen molar-refractivity contribution < 1.29 is 9.90 Å². The molecule has 4 heteroatoms.